The molecule has 2 N–H and O–H groups in total. The highest BCUT2D eigenvalue weighted by molar-refractivity contribution is 5.98. The van der Waals surface area contributed by atoms with E-state index in [1.54, 1.807) is 6.20 Å². The Labute approximate surface area is 123 Å². The molecule has 0 unspecified atom stereocenters. The first-order valence-electron chi connectivity index (χ1n) is 7.00. The van der Waals surface area contributed by atoms with Crippen LogP contribution in [0.3, 0.4) is 0 Å². The van der Waals surface area contributed by atoms with Crippen LogP contribution in [0.1, 0.15) is 21.7 Å². The van der Waals surface area contributed by atoms with E-state index in [9.17, 15) is 4.79 Å². The predicted octanol–water partition coefficient (Wildman–Crippen LogP) is 2.84. The van der Waals surface area contributed by atoms with Crippen LogP contribution < -0.4 is 5.32 Å². The Bertz CT molecular complexity index is 762. The van der Waals surface area contributed by atoms with E-state index < -0.39 is 0 Å². The fraction of sp³-hybridized carbons (Fsp3) is 0.176. The lowest BCUT2D eigenvalue weighted by atomic mass is 10.2. The molecule has 106 valence electrons. The van der Waals surface area contributed by atoms with Crippen molar-refractivity contribution < 1.29 is 4.79 Å². The van der Waals surface area contributed by atoms with Gasteiger partial charge in [0.25, 0.3) is 5.91 Å². The number of aromatic nitrogens is 2. The van der Waals surface area contributed by atoms with Crippen LogP contribution in [0, 0.1) is 6.92 Å². The molecule has 0 fully saturated rings. The normalized spacial score (nSPS) is 10.7. The van der Waals surface area contributed by atoms with Crippen molar-refractivity contribution in [2.75, 3.05) is 6.54 Å². The fourth-order valence-corrected chi connectivity index (χ4v) is 2.32. The third-order valence-corrected chi connectivity index (χ3v) is 3.41. The number of aromatic amines is 1. The minimum atomic E-state index is -0.0835. The van der Waals surface area contributed by atoms with E-state index in [1.807, 2.05) is 43.3 Å². The second-order valence-corrected chi connectivity index (χ2v) is 5.10. The zero-order valence-electron chi connectivity index (χ0n) is 11.9. The maximum atomic E-state index is 12.1. The summed E-state index contributed by atoms with van der Waals surface area (Å²) in [5.41, 5.74) is 3.74. The van der Waals surface area contributed by atoms with Crippen LogP contribution in [0.15, 0.2) is 48.7 Å². The molecule has 4 heteroatoms. The summed E-state index contributed by atoms with van der Waals surface area (Å²) in [5.74, 6) is -0.0835. The second-order valence-electron chi connectivity index (χ2n) is 5.10. The van der Waals surface area contributed by atoms with Gasteiger partial charge in [-0.3, -0.25) is 9.78 Å². The number of hydrogen-bond donors (Lipinski definition) is 2. The number of benzene rings is 1. The summed E-state index contributed by atoms with van der Waals surface area (Å²) in [4.78, 5) is 19.5. The van der Waals surface area contributed by atoms with Gasteiger partial charge in [-0.05, 0) is 37.3 Å². The van der Waals surface area contributed by atoms with E-state index in [1.165, 1.54) is 5.56 Å². The standard InChI is InChI=1S/C17H17N3O/c1-12-5-6-15-13(10-12)11-16(20-15)17(21)19-9-7-14-4-2-3-8-18-14/h2-6,8,10-11,20H,7,9H2,1H3,(H,19,21). The molecule has 0 bridgehead atoms. The topological polar surface area (TPSA) is 57.8 Å². The van der Waals surface area contributed by atoms with Gasteiger partial charge < -0.3 is 10.3 Å². The highest BCUT2D eigenvalue weighted by Gasteiger charge is 2.09. The van der Waals surface area contributed by atoms with Gasteiger partial charge in [0.15, 0.2) is 0 Å². The lowest BCUT2D eigenvalue weighted by molar-refractivity contribution is 0.0950. The Kier molecular flexibility index (Phi) is 3.69. The van der Waals surface area contributed by atoms with Crippen LogP contribution in [-0.2, 0) is 6.42 Å². The van der Waals surface area contributed by atoms with E-state index in [-0.39, 0.29) is 5.91 Å². The van der Waals surface area contributed by atoms with Crippen molar-refractivity contribution in [3.63, 3.8) is 0 Å². The lowest BCUT2D eigenvalue weighted by Gasteiger charge is -2.03. The fourth-order valence-electron chi connectivity index (χ4n) is 2.32. The number of nitrogens with zero attached hydrogens (tertiary/aromatic N) is 1. The van der Waals surface area contributed by atoms with Crippen molar-refractivity contribution in [2.24, 2.45) is 0 Å². The largest absolute Gasteiger partial charge is 0.351 e. The van der Waals surface area contributed by atoms with Gasteiger partial charge in [-0.15, -0.1) is 0 Å². The lowest BCUT2D eigenvalue weighted by Crippen LogP contribution is -2.26. The first kappa shape index (κ1) is 13.4. The van der Waals surface area contributed by atoms with E-state index in [0.29, 0.717) is 12.2 Å². The SMILES string of the molecule is Cc1ccc2[nH]c(C(=O)NCCc3ccccn3)cc2c1. The van der Waals surface area contributed by atoms with Gasteiger partial charge in [0, 0.05) is 35.8 Å². The molecule has 21 heavy (non-hydrogen) atoms. The number of amides is 1. The average Bonchev–Trinajstić information content (AvgIpc) is 2.91. The van der Waals surface area contributed by atoms with Crippen LogP contribution in [0.4, 0.5) is 0 Å². The van der Waals surface area contributed by atoms with Gasteiger partial charge in [0.1, 0.15) is 5.69 Å². The van der Waals surface area contributed by atoms with Crippen LogP contribution in [0.5, 0.6) is 0 Å². The van der Waals surface area contributed by atoms with Crippen LogP contribution in [-0.4, -0.2) is 22.4 Å². The van der Waals surface area contributed by atoms with Crippen LogP contribution in [0.25, 0.3) is 10.9 Å². The molecule has 0 aliphatic rings. The minimum Gasteiger partial charge on any atom is -0.351 e. The highest BCUT2D eigenvalue weighted by Crippen LogP contribution is 2.16. The quantitative estimate of drug-likeness (QED) is 0.771. The summed E-state index contributed by atoms with van der Waals surface area (Å²) in [5, 5.41) is 3.97. The van der Waals surface area contributed by atoms with E-state index in [4.69, 9.17) is 0 Å². The van der Waals surface area contributed by atoms with Crippen molar-refractivity contribution in [2.45, 2.75) is 13.3 Å². The Hall–Kier alpha value is -2.62. The molecule has 0 spiro atoms. The second kappa shape index (κ2) is 5.79. The summed E-state index contributed by atoms with van der Waals surface area (Å²) in [6, 6.07) is 13.8. The van der Waals surface area contributed by atoms with Crippen LogP contribution in [0.2, 0.25) is 0 Å². The van der Waals surface area contributed by atoms with Crippen molar-refractivity contribution in [3.8, 4) is 0 Å². The van der Waals surface area contributed by atoms with Gasteiger partial charge in [-0.1, -0.05) is 17.7 Å². The van der Waals surface area contributed by atoms with Gasteiger partial charge >= 0.3 is 0 Å². The maximum absolute atomic E-state index is 12.1. The number of hydrogen-bond acceptors (Lipinski definition) is 2. The summed E-state index contributed by atoms with van der Waals surface area (Å²) >= 11 is 0. The van der Waals surface area contributed by atoms with Crippen LogP contribution >= 0.6 is 0 Å². The Morgan fingerprint density at radius 2 is 2.14 bits per heavy atom. The highest BCUT2D eigenvalue weighted by atomic mass is 16.1. The molecule has 2 heterocycles. The summed E-state index contributed by atoms with van der Waals surface area (Å²) in [7, 11) is 0. The van der Waals surface area contributed by atoms with Crippen molar-refractivity contribution >= 4 is 16.8 Å². The molecular weight excluding hydrogens is 262 g/mol. The first-order valence-corrected chi connectivity index (χ1v) is 7.00. The van der Waals surface area contributed by atoms with Gasteiger partial charge in [0.05, 0.1) is 0 Å². The number of rotatable bonds is 4. The average molecular weight is 279 g/mol. The van der Waals surface area contributed by atoms with Gasteiger partial charge in [-0.25, -0.2) is 0 Å². The molecule has 0 aliphatic heterocycles. The zero-order chi connectivity index (χ0) is 14.7. The monoisotopic (exact) mass is 279 g/mol. The van der Waals surface area contributed by atoms with Crippen molar-refractivity contribution in [1.82, 2.24) is 15.3 Å². The van der Waals surface area contributed by atoms with Gasteiger partial charge in [0.2, 0.25) is 0 Å². The molecule has 0 atom stereocenters. The molecule has 2 aromatic heterocycles. The van der Waals surface area contributed by atoms with E-state index in [2.05, 4.69) is 21.4 Å². The predicted molar refractivity (Wildman–Crippen MR) is 83.3 cm³/mol. The van der Waals surface area contributed by atoms with Crippen molar-refractivity contribution in [3.05, 3.63) is 65.6 Å². The molecule has 0 radical (unpaired) electrons. The minimum absolute atomic E-state index is 0.0835. The number of pyridine rings is 1. The molecule has 0 aliphatic carbocycles. The first-order chi connectivity index (χ1) is 10.2. The molecule has 0 saturated carbocycles. The molecule has 3 aromatic rings. The number of fused-ring (bicyclic) bond motifs is 1. The number of carbonyl (C=O) groups is 1. The number of aryl methyl sites for hydroxylation is 1. The van der Waals surface area contributed by atoms with E-state index >= 15 is 0 Å². The summed E-state index contributed by atoms with van der Waals surface area (Å²) in [6.07, 6.45) is 2.49. The molecular formula is C17H17N3O. The summed E-state index contributed by atoms with van der Waals surface area (Å²) < 4.78 is 0. The summed E-state index contributed by atoms with van der Waals surface area (Å²) in [6.45, 7) is 2.61. The number of carbonyl (C=O) groups excluding carboxylic acids is 1. The molecule has 3 rings (SSSR count). The Morgan fingerprint density at radius 1 is 1.24 bits per heavy atom. The Morgan fingerprint density at radius 3 is 2.95 bits per heavy atom. The molecule has 4 nitrogen and oxygen atoms in total. The smallest absolute Gasteiger partial charge is 0.267 e. The third kappa shape index (κ3) is 3.11. The number of H-pyrrole nitrogens is 1. The molecule has 0 saturated heterocycles. The zero-order valence-corrected chi connectivity index (χ0v) is 11.9. The van der Waals surface area contributed by atoms with E-state index in [0.717, 1.165) is 23.0 Å². The number of nitrogens with one attached hydrogen (secondary N) is 2. The molecule has 1 amide bonds. The van der Waals surface area contributed by atoms with Gasteiger partial charge in [-0.2, -0.15) is 0 Å². The van der Waals surface area contributed by atoms with Crippen molar-refractivity contribution in [1.29, 1.82) is 0 Å². The third-order valence-electron chi connectivity index (χ3n) is 3.41. The maximum Gasteiger partial charge on any atom is 0.267 e. The Balaban J connectivity index is 1.64. The molecule has 1 aromatic carbocycles.